The number of para-hydroxylation sites is 1. The van der Waals surface area contributed by atoms with E-state index in [0.717, 1.165) is 63.3 Å². The molecule has 29 heavy (non-hydrogen) atoms. The molecule has 1 aromatic heterocycles. The molecule has 0 bridgehead atoms. The standard InChI is InChI=1S/C21H26N6OS/c22-16-21(11-5-6-12-21)23-18(28)15-29-20-25-24-19(26-13-7-2-8-14-26)27(20)17-9-3-1-4-10-17/h1,3-4,9-10H,2,5-8,11-15H2,(H,23,28). The molecule has 2 aromatic rings. The highest BCUT2D eigenvalue weighted by Crippen LogP contribution is 2.30. The first-order valence-corrected chi connectivity index (χ1v) is 11.3. The van der Waals surface area contributed by atoms with Crippen molar-refractivity contribution in [1.82, 2.24) is 20.1 Å². The molecule has 1 amide bonds. The van der Waals surface area contributed by atoms with Crippen LogP contribution in [0.3, 0.4) is 0 Å². The summed E-state index contributed by atoms with van der Waals surface area (Å²) in [6, 6.07) is 12.3. The van der Waals surface area contributed by atoms with Gasteiger partial charge in [0.15, 0.2) is 5.16 Å². The minimum absolute atomic E-state index is 0.124. The van der Waals surface area contributed by atoms with Gasteiger partial charge in [0.25, 0.3) is 0 Å². The first-order valence-electron chi connectivity index (χ1n) is 10.3. The molecule has 2 heterocycles. The Morgan fingerprint density at radius 3 is 2.52 bits per heavy atom. The molecule has 1 aliphatic heterocycles. The summed E-state index contributed by atoms with van der Waals surface area (Å²) < 4.78 is 2.04. The molecular weight excluding hydrogens is 384 g/mol. The Bertz CT molecular complexity index is 878. The number of thioether (sulfide) groups is 1. The van der Waals surface area contributed by atoms with Crippen LogP contribution >= 0.6 is 11.8 Å². The maximum absolute atomic E-state index is 12.5. The van der Waals surface area contributed by atoms with Crippen molar-refractivity contribution in [3.8, 4) is 11.8 Å². The number of benzene rings is 1. The Hall–Kier alpha value is -2.53. The second kappa shape index (κ2) is 8.87. The average Bonchev–Trinajstić information content (AvgIpc) is 3.41. The number of carbonyl (C=O) groups excluding carboxylic acids is 1. The highest BCUT2D eigenvalue weighted by molar-refractivity contribution is 7.99. The van der Waals surface area contributed by atoms with Crippen molar-refractivity contribution in [2.75, 3.05) is 23.7 Å². The monoisotopic (exact) mass is 410 g/mol. The molecule has 1 saturated carbocycles. The zero-order chi connectivity index (χ0) is 20.1. The van der Waals surface area contributed by atoms with Crippen LogP contribution in [-0.2, 0) is 4.79 Å². The topological polar surface area (TPSA) is 86.8 Å². The van der Waals surface area contributed by atoms with Gasteiger partial charge in [-0.3, -0.25) is 9.36 Å². The lowest BCUT2D eigenvalue weighted by molar-refractivity contribution is -0.119. The van der Waals surface area contributed by atoms with E-state index in [4.69, 9.17) is 0 Å². The summed E-state index contributed by atoms with van der Waals surface area (Å²) in [5.41, 5.74) is 0.300. The van der Waals surface area contributed by atoms with Gasteiger partial charge in [-0.1, -0.05) is 30.0 Å². The van der Waals surface area contributed by atoms with Gasteiger partial charge >= 0.3 is 0 Å². The van der Waals surface area contributed by atoms with Gasteiger partial charge in [0.2, 0.25) is 11.9 Å². The molecule has 8 heteroatoms. The number of hydrogen-bond donors (Lipinski definition) is 1. The van der Waals surface area contributed by atoms with Crippen LogP contribution in [0, 0.1) is 11.3 Å². The molecule has 0 atom stereocenters. The minimum atomic E-state index is -0.691. The number of nitrogens with zero attached hydrogens (tertiary/aromatic N) is 5. The van der Waals surface area contributed by atoms with Gasteiger partial charge in [0.05, 0.1) is 17.5 Å². The number of anilines is 1. The molecule has 7 nitrogen and oxygen atoms in total. The third-order valence-corrected chi connectivity index (χ3v) is 6.58. The van der Waals surface area contributed by atoms with Crippen molar-refractivity contribution in [2.45, 2.75) is 55.6 Å². The molecule has 4 rings (SSSR count). The highest BCUT2D eigenvalue weighted by atomic mass is 32.2. The van der Waals surface area contributed by atoms with Crippen molar-refractivity contribution >= 4 is 23.6 Å². The average molecular weight is 411 g/mol. The highest BCUT2D eigenvalue weighted by Gasteiger charge is 2.35. The van der Waals surface area contributed by atoms with E-state index in [9.17, 15) is 10.1 Å². The molecule has 1 saturated heterocycles. The number of aromatic nitrogens is 3. The zero-order valence-corrected chi connectivity index (χ0v) is 17.3. The Kier molecular flexibility index (Phi) is 6.05. The molecule has 1 N–H and O–H groups in total. The molecule has 2 aliphatic rings. The van der Waals surface area contributed by atoms with Gasteiger partial charge < -0.3 is 10.2 Å². The van der Waals surface area contributed by atoms with Crippen LogP contribution in [0.2, 0.25) is 0 Å². The Labute approximate surface area is 175 Å². The summed E-state index contributed by atoms with van der Waals surface area (Å²) in [4.78, 5) is 14.8. The third-order valence-electron chi connectivity index (χ3n) is 5.65. The number of rotatable bonds is 6. The van der Waals surface area contributed by atoms with Gasteiger partial charge in [-0.05, 0) is 57.1 Å². The van der Waals surface area contributed by atoms with Gasteiger partial charge in [0, 0.05) is 13.1 Å². The van der Waals surface area contributed by atoms with Crippen molar-refractivity contribution in [2.24, 2.45) is 0 Å². The number of piperidine rings is 1. The predicted molar refractivity (Wildman–Crippen MR) is 113 cm³/mol. The number of nitrogens with one attached hydrogen (secondary N) is 1. The second-order valence-corrected chi connectivity index (χ2v) is 8.68. The van der Waals surface area contributed by atoms with Crippen LogP contribution in [-0.4, -0.2) is 45.1 Å². The Balaban J connectivity index is 1.52. The number of nitriles is 1. The van der Waals surface area contributed by atoms with E-state index in [2.05, 4.69) is 26.5 Å². The first kappa shape index (κ1) is 19.8. The first-order chi connectivity index (χ1) is 14.2. The van der Waals surface area contributed by atoms with E-state index < -0.39 is 5.54 Å². The fourth-order valence-electron chi connectivity index (χ4n) is 4.13. The van der Waals surface area contributed by atoms with Crippen LogP contribution in [0.25, 0.3) is 5.69 Å². The van der Waals surface area contributed by atoms with Crippen molar-refractivity contribution < 1.29 is 4.79 Å². The summed E-state index contributed by atoms with van der Waals surface area (Å²) >= 11 is 1.37. The summed E-state index contributed by atoms with van der Waals surface area (Å²) in [7, 11) is 0. The summed E-state index contributed by atoms with van der Waals surface area (Å²) in [6.07, 6.45) is 7.01. The zero-order valence-electron chi connectivity index (χ0n) is 16.5. The SMILES string of the molecule is N#CC1(NC(=O)CSc2nnc(N3CCCCC3)n2-c2ccccc2)CCCC1. The Morgan fingerprint density at radius 2 is 1.83 bits per heavy atom. The summed E-state index contributed by atoms with van der Waals surface area (Å²) in [5, 5.41) is 22.0. The van der Waals surface area contributed by atoms with E-state index in [1.807, 2.05) is 34.9 Å². The van der Waals surface area contributed by atoms with E-state index >= 15 is 0 Å². The Morgan fingerprint density at radius 1 is 1.10 bits per heavy atom. The molecule has 1 aliphatic carbocycles. The molecule has 0 spiro atoms. The fourth-order valence-corrected chi connectivity index (χ4v) is 4.88. The summed E-state index contributed by atoms with van der Waals surface area (Å²) in [6.45, 7) is 1.95. The normalized spacial score (nSPS) is 18.4. The molecule has 0 radical (unpaired) electrons. The fraction of sp³-hybridized carbons (Fsp3) is 0.524. The quantitative estimate of drug-likeness (QED) is 0.735. The maximum Gasteiger partial charge on any atom is 0.232 e. The van der Waals surface area contributed by atoms with E-state index in [0.29, 0.717) is 5.16 Å². The lowest BCUT2D eigenvalue weighted by atomic mass is 10.0. The smallest absolute Gasteiger partial charge is 0.232 e. The number of carbonyl (C=O) groups is 1. The number of amides is 1. The van der Waals surface area contributed by atoms with E-state index in [1.165, 1.54) is 18.2 Å². The molecule has 1 aromatic carbocycles. The van der Waals surface area contributed by atoms with Crippen LogP contribution in [0.4, 0.5) is 5.95 Å². The van der Waals surface area contributed by atoms with Crippen molar-refractivity contribution in [3.05, 3.63) is 30.3 Å². The van der Waals surface area contributed by atoms with Crippen molar-refractivity contribution in [1.29, 1.82) is 5.26 Å². The van der Waals surface area contributed by atoms with Gasteiger partial charge in [-0.25, -0.2) is 0 Å². The largest absolute Gasteiger partial charge is 0.341 e. The van der Waals surface area contributed by atoms with Gasteiger partial charge in [-0.2, -0.15) is 5.26 Å². The van der Waals surface area contributed by atoms with Crippen LogP contribution in [0.5, 0.6) is 0 Å². The van der Waals surface area contributed by atoms with Crippen LogP contribution in [0.1, 0.15) is 44.9 Å². The van der Waals surface area contributed by atoms with Gasteiger partial charge in [0.1, 0.15) is 5.54 Å². The van der Waals surface area contributed by atoms with Crippen LogP contribution in [0.15, 0.2) is 35.5 Å². The maximum atomic E-state index is 12.5. The van der Waals surface area contributed by atoms with E-state index in [1.54, 1.807) is 0 Å². The van der Waals surface area contributed by atoms with E-state index in [-0.39, 0.29) is 11.7 Å². The minimum Gasteiger partial charge on any atom is -0.341 e. The molecular formula is C21H26N6OS. The lowest BCUT2D eigenvalue weighted by Gasteiger charge is -2.27. The second-order valence-electron chi connectivity index (χ2n) is 7.74. The number of hydrogen-bond acceptors (Lipinski definition) is 6. The predicted octanol–water partition coefficient (Wildman–Crippen LogP) is 3.30. The van der Waals surface area contributed by atoms with Crippen LogP contribution < -0.4 is 10.2 Å². The van der Waals surface area contributed by atoms with Crippen molar-refractivity contribution in [3.63, 3.8) is 0 Å². The lowest BCUT2D eigenvalue weighted by Crippen LogP contribution is -2.45. The molecule has 0 unspecified atom stereocenters. The third kappa shape index (κ3) is 4.40. The van der Waals surface area contributed by atoms with Gasteiger partial charge in [-0.15, -0.1) is 10.2 Å². The summed E-state index contributed by atoms with van der Waals surface area (Å²) in [5.74, 6) is 0.928. The molecule has 2 fully saturated rings. The molecule has 152 valence electrons.